The molecule has 0 aliphatic rings. The van der Waals surface area contributed by atoms with E-state index in [4.69, 9.17) is 0 Å². The molecule has 0 aliphatic carbocycles. The van der Waals surface area contributed by atoms with E-state index in [0.717, 1.165) is 25.8 Å². The standard InChI is InChI=1S/C24H31IN2O2/c1-23(2,3)19-13-16(14-20(22(19)29)24(4,5)6)10-11-21(28)27-26-15-17-8-7-9-18(25)12-17/h7-9,12-15,29H,10-11H2,1-6H3,(H,27,28). The maximum Gasteiger partial charge on any atom is 0.240 e. The molecule has 2 rings (SSSR count). The first kappa shape index (κ1) is 23.4. The van der Waals surface area contributed by atoms with Crippen molar-refractivity contribution in [2.45, 2.75) is 65.2 Å². The fraction of sp³-hybridized carbons (Fsp3) is 0.417. The van der Waals surface area contributed by atoms with Crippen LogP contribution in [0.1, 0.15) is 70.2 Å². The summed E-state index contributed by atoms with van der Waals surface area (Å²) >= 11 is 2.24. The van der Waals surface area contributed by atoms with Crippen LogP contribution in [0.4, 0.5) is 0 Å². The lowest BCUT2D eigenvalue weighted by atomic mass is 9.78. The number of nitrogens with one attached hydrogen (secondary N) is 1. The zero-order valence-corrected chi connectivity index (χ0v) is 20.3. The lowest BCUT2D eigenvalue weighted by Gasteiger charge is -2.28. The first-order valence-corrected chi connectivity index (χ1v) is 10.9. The molecule has 29 heavy (non-hydrogen) atoms. The van der Waals surface area contributed by atoms with Crippen LogP contribution in [0.2, 0.25) is 0 Å². The predicted molar refractivity (Wildman–Crippen MR) is 129 cm³/mol. The number of phenolic OH excluding ortho intramolecular Hbond substituents is 1. The molecule has 0 spiro atoms. The van der Waals surface area contributed by atoms with Crippen molar-refractivity contribution in [2.24, 2.45) is 5.10 Å². The lowest BCUT2D eigenvalue weighted by Crippen LogP contribution is -2.20. The number of aryl methyl sites for hydroxylation is 1. The average molecular weight is 506 g/mol. The second-order valence-electron chi connectivity index (χ2n) is 9.39. The van der Waals surface area contributed by atoms with Gasteiger partial charge in [-0.1, -0.05) is 65.8 Å². The highest BCUT2D eigenvalue weighted by Gasteiger charge is 2.26. The smallest absolute Gasteiger partial charge is 0.240 e. The van der Waals surface area contributed by atoms with E-state index in [9.17, 15) is 9.90 Å². The molecule has 0 fully saturated rings. The summed E-state index contributed by atoms with van der Waals surface area (Å²) in [5.41, 5.74) is 6.06. The SMILES string of the molecule is CC(C)(C)c1cc(CCC(=O)NN=Cc2cccc(I)c2)cc(C(C)(C)C)c1O. The van der Waals surface area contributed by atoms with Gasteiger partial charge in [0.2, 0.25) is 5.91 Å². The topological polar surface area (TPSA) is 61.7 Å². The van der Waals surface area contributed by atoms with Crippen LogP contribution < -0.4 is 5.43 Å². The van der Waals surface area contributed by atoms with Crippen molar-refractivity contribution in [1.82, 2.24) is 5.43 Å². The molecule has 0 aromatic heterocycles. The fourth-order valence-corrected chi connectivity index (χ4v) is 3.63. The Bertz CT molecular complexity index is 871. The summed E-state index contributed by atoms with van der Waals surface area (Å²) in [4.78, 5) is 12.2. The van der Waals surface area contributed by atoms with Gasteiger partial charge < -0.3 is 5.11 Å². The number of hydrazone groups is 1. The first-order chi connectivity index (χ1) is 13.4. The molecule has 1 amide bonds. The Hall–Kier alpha value is -1.89. The molecule has 0 atom stereocenters. The zero-order valence-electron chi connectivity index (χ0n) is 18.1. The summed E-state index contributed by atoms with van der Waals surface area (Å²) in [5.74, 6) is 0.231. The van der Waals surface area contributed by atoms with Crippen molar-refractivity contribution in [3.8, 4) is 5.75 Å². The average Bonchev–Trinajstić information content (AvgIpc) is 2.59. The van der Waals surface area contributed by atoms with Crippen molar-refractivity contribution in [3.63, 3.8) is 0 Å². The van der Waals surface area contributed by atoms with E-state index in [1.165, 1.54) is 0 Å². The molecule has 2 aromatic carbocycles. The van der Waals surface area contributed by atoms with Gasteiger partial charge >= 0.3 is 0 Å². The number of rotatable bonds is 5. The van der Waals surface area contributed by atoms with Crippen LogP contribution in [0.5, 0.6) is 5.75 Å². The van der Waals surface area contributed by atoms with Crippen LogP contribution in [0.25, 0.3) is 0 Å². The fourth-order valence-electron chi connectivity index (χ4n) is 3.06. The minimum atomic E-state index is -0.181. The van der Waals surface area contributed by atoms with E-state index in [-0.39, 0.29) is 16.7 Å². The number of halogens is 1. The van der Waals surface area contributed by atoms with Crippen LogP contribution in [0, 0.1) is 3.57 Å². The van der Waals surface area contributed by atoms with Gasteiger partial charge in [-0.25, -0.2) is 5.43 Å². The molecule has 5 heteroatoms. The van der Waals surface area contributed by atoms with E-state index in [1.54, 1.807) is 6.21 Å². The Kier molecular flexibility index (Phi) is 7.49. The van der Waals surface area contributed by atoms with Gasteiger partial charge in [0.15, 0.2) is 0 Å². The lowest BCUT2D eigenvalue weighted by molar-refractivity contribution is -0.121. The normalized spacial score (nSPS) is 12.4. The second-order valence-corrected chi connectivity index (χ2v) is 10.6. The maximum absolute atomic E-state index is 12.2. The van der Waals surface area contributed by atoms with Gasteiger partial charge in [0.05, 0.1) is 6.21 Å². The van der Waals surface area contributed by atoms with E-state index in [0.29, 0.717) is 18.6 Å². The molecule has 0 unspecified atom stereocenters. The second kappa shape index (κ2) is 9.28. The van der Waals surface area contributed by atoms with Gasteiger partial charge in [0.25, 0.3) is 0 Å². The van der Waals surface area contributed by atoms with Crippen molar-refractivity contribution < 1.29 is 9.90 Å². The van der Waals surface area contributed by atoms with Gasteiger partial charge in [0, 0.05) is 9.99 Å². The number of aromatic hydroxyl groups is 1. The first-order valence-electron chi connectivity index (χ1n) is 9.82. The van der Waals surface area contributed by atoms with Crippen molar-refractivity contribution in [1.29, 1.82) is 0 Å². The predicted octanol–water partition coefficient (Wildman–Crippen LogP) is 5.67. The van der Waals surface area contributed by atoms with Gasteiger partial charge in [-0.3, -0.25) is 4.79 Å². The van der Waals surface area contributed by atoms with E-state index in [2.05, 4.69) is 74.7 Å². The Labute approximate surface area is 188 Å². The molecule has 0 heterocycles. The number of hydrogen-bond acceptors (Lipinski definition) is 3. The van der Waals surface area contributed by atoms with Crippen molar-refractivity contribution >= 4 is 34.7 Å². The van der Waals surface area contributed by atoms with Crippen LogP contribution in [0.3, 0.4) is 0 Å². The summed E-state index contributed by atoms with van der Waals surface area (Å²) in [5, 5.41) is 14.9. The summed E-state index contributed by atoms with van der Waals surface area (Å²) in [6.45, 7) is 12.5. The van der Waals surface area contributed by atoms with Crippen LogP contribution >= 0.6 is 22.6 Å². The summed E-state index contributed by atoms with van der Waals surface area (Å²) in [6, 6.07) is 11.9. The minimum Gasteiger partial charge on any atom is -0.507 e. The Morgan fingerprint density at radius 3 is 2.17 bits per heavy atom. The van der Waals surface area contributed by atoms with Crippen molar-refractivity contribution in [2.75, 3.05) is 0 Å². The molecular weight excluding hydrogens is 475 g/mol. The molecular formula is C24H31IN2O2. The largest absolute Gasteiger partial charge is 0.507 e. The minimum absolute atomic E-state index is 0.130. The molecule has 0 bridgehead atoms. The molecule has 0 saturated heterocycles. The van der Waals surface area contributed by atoms with E-state index in [1.807, 2.05) is 36.4 Å². The third kappa shape index (κ3) is 6.84. The van der Waals surface area contributed by atoms with Crippen LogP contribution in [-0.4, -0.2) is 17.2 Å². The summed E-state index contributed by atoms with van der Waals surface area (Å²) in [6.07, 6.45) is 2.58. The number of amides is 1. The third-order valence-electron chi connectivity index (χ3n) is 4.68. The molecule has 4 nitrogen and oxygen atoms in total. The van der Waals surface area contributed by atoms with Gasteiger partial charge in [-0.2, -0.15) is 5.10 Å². The van der Waals surface area contributed by atoms with Gasteiger partial charge in [-0.05, 0) is 74.2 Å². The summed E-state index contributed by atoms with van der Waals surface area (Å²) in [7, 11) is 0. The van der Waals surface area contributed by atoms with Crippen LogP contribution in [-0.2, 0) is 22.0 Å². The number of nitrogens with zero attached hydrogens (tertiary/aromatic N) is 1. The van der Waals surface area contributed by atoms with E-state index < -0.39 is 0 Å². The number of carbonyl (C=O) groups excluding carboxylic acids is 1. The molecule has 0 aliphatic heterocycles. The molecule has 2 aromatic rings. The maximum atomic E-state index is 12.2. The molecule has 0 radical (unpaired) electrons. The molecule has 0 saturated carbocycles. The van der Waals surface area contributed by atoms with E-state index >= 15 is 0 Å². The Balaban J connectivity index is 2.10. The number of phenols is 1. The third-order valence-corrected chi connectivity index (χ3v) is 5.35. The van der Waals surface area contributed by atoms with Crippen LogP contribution in [0.15, 0.2) is 41.5 Å². The summed E-state index contributed by atoms with van der Waals surface area (Å²) < 4.78 is 1.12. The molecule has 2 N–H and O–H groups in total. The Morgan fingerprint density at radius 2 is 1.66 bits per heavy atom. The van der Waals surface area contributed by atoms with Gasteiger partial charge in [0.1, 0.15) is 5.75 Å². The number of carbonyl (C=O) groups is 1. The van der Waals surface area contributed by atoms with Crippen molar-refractivity contribution in [3.05, 3.63) is 62.2 Å². The Morgan fingerprint density at radius 1 is 1.07 bits per heavy atom. The molecule has 156 valence electrons. The number of hydrogen-bond donors (Lipinski definition) is 2. The monoisotopic (exact) mass is 506 g/mol. The highest BCUT2D eigenvalue weighted by atomic mass is 127. The highest BCUT2D eigenvalue weighted by Crippen LogP contribution is 2.39. The number of benzene rings is 2. The van der Waals surface area contributed by atoms with Gasteiger partial charge in [-0.15, -0.1) is 0 Å². The zero-order chi connectivity index (χ0) is 21.8. The quantitative estimate of drug-likeness (QED) is 0.312. The highest BCUT2D eigenvalue weighted by molar-refractivity contribution is 14.1.